The van der Waals surface area contributed by atoms with Gasteiger partial charge in [-0.1, -0.05) is 152 Å². The molecule has 0 heterocycles. The molecule has 1 unspecified atom stereocenters. The van der Waals surface area contributed by atoms with Crippen molar-refractivity contribution in [3.8, 4) is 0 Å². The van der Waals surface area contributed by atoms with Gasteiger partial charge in [0, 0.05) is 12.8 Å². The Morgan fingerprint density at radius 2 is 0.931 bits per heavy atom. The average Bonchev–Trinajstić information content (AvgIpc) is 3.17. The molecule has 0 radical (unpaired) electrons. The molecule has 0 saturated carbocycles. The van der Waals surface area contributed by atoms with E-state index in [1.165, 1.54) is 103 Å². The van der Waals surface area contributed by atoms with E-state index in [1.54, 1.807) is 0 Å². The first-order valence-corrected chi connectivity index (χ1v) is 24.9. The van der Waals surface area contributed by atoms with Gasteiger partial charge in [-0.2, -0.15) is 0 Å². The zero-order valence-electron chi connectivity index (χ0n) is 38.0. The number of nitrogens with zero attached hydrogens (tertiary/aromatic N) is 1. The maximum atomic E-state index is 12.7. The van der Waals surface area contributed by atoms with Gasteiger partial charge < -0.3 is 18.9 Å². The molecular formula is C48H89NO8P+. The van der Waals surface area contributed by atoms with Crippen molar-refractivity contribution in [2.24, 2.45) is 0 Å². The number of phosphoric acid groups is 1. The van der Waals surface area contributed by atoms with E-state index in [0.29, 0.717) is 23.9 Å². The van der Waals surface area contributed by atoms with E-state index in [4.69, 9.17) is 18.5 Å². The third-order valence-corrected chi connectivity index (χ3v) is 10.8. The van der Waals surface area contributed by atoms with Crippen LogP contribution < -0.4 is 0 Å². The van der Waals surface area contributed by atoms with Crippen molar-refractivity contribution in [2.75, 3.05) is 47.5 Å². The topological polar surface area (TPSA) is 108 Å². The Kier molecular flexibility index (Phi) is 39.0. The fourth-order valence-electron chi connectivity index (χ4n) is 6.13. The molecule has 58 heavy (non-hydrogen) atoms. The van der Waals surface area contributed by atoms with Crippen LogP contribution >= 0.6 is 7.82 Å². The van der Waals surface area contributed by atoms with E-state index in [9.17, 15) is 19.0 Å². The number of ether oxygens (including phenoxy) is 2. The van der Waals surface area contributed by atoms with E-state index in [-0.39, 0.29) is 26.1 Å². The third-order valence-electron chi connectivity index (χ3n) is 9.83. The molecule has 1 N–H and O–H groups in total. The Morgan fingerprint density at radius 1 is 0.534 bits per heavy atom. The Bertz CT molecular complexity index is 1130. The Hall–Kier alpha value is -2.03. The van der Waals surface area contributed by atoms with Crippen molar-refractivity contribution < 1.29 is 42.1 Å². The summed E-state index contributed by atoms with van der Waals surface area (Å²) in [5.74, 6) is -0.845. The highest BCUT2D eigenvalue weighted by Gasteiger charge is 2.27. The summed E-state index contributed by atoms with van der Waals surface area (Å²) < 4.78 is 34.3. The second-order valence-electron chi connectivity index (χ2n) is 16.8. The van der Waals surface area contributed by atoms with Crippen molar-refractivity contribution in [2.45, 2.75) is 200 Å². The molecule has 10 heteroatoms. The summed E-state index contributed by atoms with van der Waals surface area (Å²) in [4.78, 5) is 35.4. The monoisotopic (exact) mass is 839 g/mol. The standard InChI is InChI=1S/C48H88NO8P/c1-6-8-10-12-14-16-18-20-22-23-24-25-27-29-31-33-35-37-39-41-48(51)57-46(45-56-58(52,53)55-43-42-49(3,4)5)44-54-47(50)40-38-36-34-32-30-28-26-21-19-17-15-13-11-9-7-2/h15,17,20-22,26,30,32,46H,6-14,16,18-19,23-25,27-29,31,33-45H2,1-5H3/p+1/b17-15+,22-20+,26-21+,32-30+/t46-/m1/s1. The van der Waals surface area contributed by atoms with Crippen molar-refractivity contribution in [1.29, 1.82) is 0 Å². The third kappa shape index (κ3) is 43.5. The molecule has 0 rings (SSSR count). The van der Waals surface area contributed by atoms with Gasteiger partial charge in [-0.15, -0.1) is 0 Å². The van der Waals surface area contributed by atoms with Crippen LogP contribution in [0.4, 0.5) is 0 Å². The second-order valence-corrected chi connectivity index (χ2v) is 18.2. The largest absolute Gasteiger partial charge is 0.472 e. The van der Waals surface area contributed by atoms with Crippen molar-refractivity contribution in [1.82, 2.24) is 0 Å². The van der Waals surface area contributed by atoms with Crippen molar-refractivity contribution in [3.05, 3.63) is 48.6 Å². The molecule has 0 aromatic carbocycles. The van der Waals surface area contributed by atoms with Gasteiger partial charge in [-0.25, -0.2) is 4.57 Å². The molecule has 0 aliphatic heterocycles. The highest BCUT2D eigenvalue weighted by Crippen LogP contribution is 2.43. The predicted molar refractivity (Wildman–Crippen MR) is 243 cm³/mol. The van der Waals surface area contributed by atoms with Crippen LogP contribution in [0.15, 0.2) is 48.6 Å². The van der Waals surface area contributed by atoms with Gasteiger partial charge in [-0.05, 0) is 77.0 Å². The van der Waals surface area contributed by atoms with Gasteiger partial charge in [0.2, 0.25) is 0 Å². The molecule has 0 amide bonds. The molecule has 0 aliphatic rings. The first-order chi connectivity index (χ1) is 28.0. The molecular weight excluding hydrogens is 750 g/mol. The van der Waals surface area contributed by atoms with Crippen LogP contribution in [0.2, 0.25) is 0 Å². The number of hydrogen-bond acceptors (Lipinski definition) is 7. The first kappa shape index (κ1) is 56.0. The molecule has 0 aromatic rings. The van der Waals surface area contributed by atoms with Gasteiger partial charge in [0.1, 0.15) is 19.8 Å². The van der Waals surface area contributed by atoms with Gasteiger partial charge in [0.05, 0.1) is 27.7 Å². The van der Waals surface area contributed by atoms with Crippen LogP contribution in [0, 0.1) is 0 Å². The number of likely N-dealkylation sites (N-methyl/N-ethyl adjacent to an activating group) is 1. The van der Waals surface area contributed by atoms with E-state index >= 15 is 0 Å². The molecule has 0 fully saturated rings. The molecule has 0 aromatic heterocycles. The summed E-state index contributed by atoms with van der Waals surface area (Å²) in [7, 11) is 1.45. The minimum absolute atomic E-state index is 0.0243. The quantitative estimate of drug-likeness (QED) is 0.0213. The van der Waals surface area contributed by atoms with E-state index in [0.717, 1.165) is 51.4 Å². The number of quaternary nitrogens is 1. The van der Waals surface area contributed by atoms with Crippen molar-refractivity contribution >= 4 is 19.8 Å². The van der Waals surface area contributed by atoms with E-state index < -0.39 is 32.5 Å². The zero-order valence-corrected chi connectivity index (χ0v) is 38.9. The Labute approximate surface area is 356 Å². The lowest BCUT2D eigenvalue weighted by atomic mass is 10.1. The van der Waals surface area contributed by atoms with Crippen molar-refractivity contribution in [3.63, 3.8) is 0 Å². The molecule has 0 saturated heterocycles. The number of hydrogen-bond donors (Lipinski definition) is 1. The van der Waals surface area contributed by atoms with Crippen LogP contribution in [0.1, 0.15) is 194 Å². The van der Waals surface area contributed by atoms with Crippen LogP contribution in [0.3, 0.4) is 0 Å². The molecule has 0 aliphatic carbocycles. The van der Waals surface area contributed by atoms with Gasteiger partial charge in [0.25, 0.3) is 0 Å². The SMILES string of the molecule is CCCCC/C=C/C/C=C/C/C=C/CCCCC(=O)OC[C@H](COP(=O)(O)OCC[N+](C)(C)C)OC(=O)CCCCCCCCCCC/C=C/CCCCCCCC. The minimum Gasteiger partial charge on any atom is -0.462 e. The highest BCUT2D eigenvalue weighted by molar-refractivity contribution is 7.47. The van der Waals surface area contributed by atoms with E-state index in [2.05, 4.69) is 62.5 Å². The predicted octanol–water partition coefficient (Wildman–Crippen LogP) is 13.5. The fraction of sp³-hybridized carbons (Fsp3) is 0.792. The molecule has 0 spiro atoms. The number of carbonyl (C=O) groups excluding carboxylic acids is 2. The van der Waals surface area contributed by atoms with Crippen LogP contribution in [0.25, 0.3) is 0 Å². The molecule has 338 valence electrons. The maximum Gasteiger partial charge on any atom is 0.472 e. The number of allylic oxidation sites excluding steroid dienone is 8. The normalized spacial score (nSPS) is 14.0. The van der Waals surface area contributed by atoms with Gasteiger partial charge in [0.15, 0.2) is 6.10 Å². The molecule has 0 bridgehead atoms. The Balaban J connectivity index is 4.37. The van der Waals surface area contributed by atoms with Crippen LogP contribution in [-0.4, -0.2) is 74.9 Å². The number of carbonyl (C=O) groups is 2. The number of esters is 2. The minimum atomic E-state index is -4.39. The zero-order chi connectivity index (χ0) is 42.8. The summed E-state index contributed by atoms with van der Waals surface area (Å²) in [5, 5.41) is 0. The van der Waals surface area contributed by atoms with E-state index in [1.807, 2.05) is 21.1 Å². The molecule has 9 nitrogen and oxygen atoms in total. The van der Waals surface area contributed by atoms with Gasteiger partial charge >= 0.3 is 19.8 Å². The first-order valence-electron chi connectivity index (χ1n) is 23.4. The Morgan fingerprint density at radius 3 is 1.47 bits per heavy atom. The average molecular weight is 839 g/mol. The lowest BCUT2D eigenvalue weighted by Gasteiger charge is -2.24. The smallest absolute Gasteiger partial charge is 0.462 e. The summed E-state index contributed by atoms with van der Waals surface area (Å²) in [6.07, 6.45) is 47.3. The van der Waals surface area contributed by atoms with Crippen LogP contribution in [0.5, 0.6) is 0 Å². The molecule has 2 atom stereocenters. The number of phosphoric ester groups is 1. The summed E-state index contributed by atoms with van der Waals surface area (Å²) >= 11 is 0. The number of unbranched alkanes of at least 4 members (excludes halogenated alkanes) is 20. The number of rotatable bonds is 42. The van der Waals surface area contributed by atoms with Crippen LogP contribution in [-0.2, 0) is 32.7 Å². The summed E-state index contributed by atoms with van der Waals surface area (Å²) in [6, 6.07) is 0. The summed E-state index contributed by atoms with van der Waals surface area (Å²) in [5.41, 5.74) is 0. The summed E-state index contributed by atoms with van der Waals surface area (Å²) in [6.45, 7) is 4.35. The fourth-order valence-corrected chi connectivity index (χ4v) is 6.87. The highest BCUT2D eigenvalue weighted by atomic mass is 31.2. The second kappa shape index (κ2) is 40.4. The lowest BCUT2D eigenvalue weighted by molar-refractivity contribution is -0.870. The lowest BCUT2D eigenvalue weighted by Crippen LogP contribution is -2.37. The van der Waals surface area contributed by atoms with Gasteiger partial charge in [-0.3, -0.25) is 18.6 Å². The maximum absolute atomic E-state index is 12.7.